The molecule has 0 aliphatic carbocycles. The van der Waals surface area contributed by atoms with Crippen molar-refractivity contribution in [2.75, 3.05) is 5.73 Å². The first-order valence-electron chi connectivity index (χ1n) is 6.51. The van der Waals surface area contributed by atoms with Crippen molar-refractivity contribution in [1.29, 1.82) is 0 Å². The Morgan fingerprint density at radius 2 is 2.05 bits per heavy atom. The maximum Gasteiger partial charge on any atom is 0.259 e. The van der Waals surface area contributed by atoms with Gasteiger partial charge < -0.3 is 10.5 Å². The fourth-order valence-corrected chi connectivity index (χ4v) is 2.07. The van der Waals surface area contributed by atoms with E-state index in [-0.39, 0.29) is 5.88 Å². The normalized spacial score (nSPS) is 10.8. The van der Waals surface area contributed by atoms with Crippen molar-refractivity contribution in [2.45, 2.75) is 13.3 Å². The third kappa shape index (κ3) is 2.35. The lowest BCUT2D eigenvalue weighted by Gasteiger charge is -2.10. The Kier molecular flexibility index (Phi) is 3.35. The molecule has 106 valence electrons. The SMILES string of the molecule is CCc1ncnc(Oc2ccc(N)c3ncccc23)c1F. The summed E-state index contributed by atoms with van der Waals surface area (Å²) >= 11 is 0. The average molecular weight is 284 g/mol. The predicted octanol–water partition coefficient (Wildman–Crippen LogP) is 3.10. The molecule has 2 N–H and O–H groups in total. The lowest BCUT2D eigenvalue weighted by Crippen LogP contribution is -2.00. The molecule has 0 radical (unpaired) electrons. The lowest BCUT2D eigenvalue weighted by molar-refractivity contribution is 0.419. The number of rotatable bonds is 3. The zero-order chi connectivity index (χ0) is 14.8. The van der Waals surface area contributed by atoms with Crippen LogP contribution in [0.2, 0.25) is 0 Å². The molecular weight excluding hydrogens is 271 g/mol. The first-order valence-corrected chi connectivity index (χ1v) is 6.51. The Labute approximate surface area is 120 Å². The standard InChI is InChI=1S/C15H13FN4O/c1-2-11-13(16)15(20-8-19-11)21-12-6-5-10(17)14-9(12)4-3-7-18-14/h3-8H,2,17H2,1H3. The van der Waals surface area contributed by atoms with Crippen LogP contribution in [0.3, 0.4) is 0 Å². The molecule has 0 fully saturated rings. The highest BCUT2D eigenvalue weighted by atomic mass is 19.1. The van der Waals surface area contributed by atoms with Crippen molar-refractivity contribution in [2.24, 2.45) is 0 Å². The molecule has 0 unspecified atom stereocenters. The summed E-state index contributed by atoms with van der Waals surface area (Å²) < 4.78 is 19.7. The van der Waals surface area contributed by atoms with Crippen molar-refractivity contribution in [3.63, 3.8) is 0 Å². The third-order valence-corrected chi connectivity index (χ3v) is 3.13. The van der Waals surface area contributed by atoms with Gasteiger partial charge in [-0.1, -0.05) is 6.92 Å². The Morgan fingerprint density at radius 3 is 2.86 bits per heavy atom. The Bertz CT molecular complexity index is 807. The highest BCUT2D eigenvalue weighted by Crippen LogP contribution is 2.32. The summed E-state index contributed by atoms with van der Waals surface area (Å²) in [5.41, 5.74) is 7.34. The molecule has 21 heavy (non-hydrogen) atoms. The van der Waals surface area contributed by atoms with Crippen molar-refractivity contribution in [3.8, 4) is 11.6 Å². The number of fused-ring (bicyclic) bond motifs is 1. The molecule has 0 amide bonds. The van der Waals surface area contributed by atoms with E-state index in [0.29, 0.717) is 34.5 Å². The number of pyridine rings is 1. The Hall–Kier alpha value is -2.76. The molecule has 0 atom stereocenters. The number of ether oxygens (including phenoxy) is 1. The van der Waals surface area contributed by atoms with Gasteiger partial charge in [0.25, 0.3) is 5.88 Å². The van der Waals surface area contributed by atoms with Gasteiger partial charge in [0, 0.05) is 11.6 Å². The molecule has 0 spiro atoms. The van der Waals surface area contributed by atoms with Gasteiger partial charge in [-0.3, -0.25) is 4.98 Å². The molecule has 5 nitrogen and oxygen atoms in total. The number of aromatic nitrogens is 3. The van der Waals surface area contributed by atoms with Gasteiger partial charge in [-0.05, 0) is 30.7 Å². The monoisotopic (exact) mass is 284 g/mol. The molecule has 0 bridgehead atoms. The molecule has 3 aromatic rings. The topological polar surface area (TPSA) is 73.9 Å². The van der Waals surface area contributed by atoms with Crippen LogP contribution in [0, 0.1) is 5.82 Å². The maximum atomic E-state index is 14.1. The van der Waals surface area contributed by atoms with Gasteiger partial charge in [-0.15, -0.1) is 0 Å². The van der Waals surface area contributed by atoms with Gasteiger partial charge in [0.1, 0.15) is 12.1 Å². The summed E-state index contributed by atoms with van der Waals surface area (Å²) in [6.45, 7) is 1.82. The Morgan fingerprint density at radius 1 is 1.19 bits per heavy atom. The van der Waals surface area contributed by atoms with E-state index in [0.717, 1.165) is 0 Å². The quantitative estimate of drug-likeness (QED) is 0.748. The zero-order valence-electron chi connectivity index (χ0n) is 11.4. The first-order chi connectivity index (χ1) is 10.2. The fourth-order valence-electron chi connectivity index (χ4n) is 2.07. The number of benzene rings is 1. The minimum absolute atomic E-state index is 0.100. The number of hydrogen-bond acceptors (Lipinski definition) is 5. The predicted molar refractivity (Wildman–Crippen MR) is 77.6 cm³/mol. The summed E-state index contributed by atoms with van der Waals surface area (Å²) in [7, 11) is 0. The summed E-state index contributed by atoms with van der Waals surface area (Å²) in [5.74, 6) is -0.197. The number of nitrogens with two attached hydrogens (primary N) is 1. The van der Waals surface area contributed by atoms with E-state index in [1.54, 1.807) is 24.4 Å². The van der Waals surface area contributed by atoms with Crippen LogP contribution >= 0.6 is 0 Å². The minimum Gasteiger partial charge on any atom is -0.436 e. The summed E-state index contributed by atoms with van der Waals surface area (Å²) in [6.07, 6.45) is 3.40. The summed E-state index contributed by atoms with van der Waals surface area (Å²) in [4.78, 5) is 11.9. The van der Waals surface area contributed by atoms with Gasteiger partial charge >= 0.3 is 0 Å². The van der Waals surface area contributed by atoms with E-state index in [9.17, 15) is 4.39 Å². The molecule has 2 aromatic heterocycles. The average Bonchev–Trinajstić information content (AvgIpc) is 2.52. The molecular formula is C15H13FN4O. The van der Waals surface area contributed by atoms with Gasteiger partial charge in [-0.2, -0.15) is 9.37 Å². The van der Waals surface area contributed by atoms with E-state index in [1.165, 1.54) is 6.33 Å². The smallest absolute Gasteiger partial charge is 0.259 e. The van der Waals surface area contributed by atoms with Gasteiger partial charge in [0.05, 0.1) is 16.9 Å². The molecule has 2 heterocycles. The van der Waals surface area contributed by atoms with Crippen LogP contribution in [0.5, 0.6) is 11.6 Å². The van der Waals surface area contributed by atoms with Crippen molar-refractivity contribution >= 4 is 16.6 Å². The highest BCUT2D eigenvalue weighted by molar-refractivity contribution is 5.93. The number of hydrogen-bond donors (Lipinski definition) is 1. The second kappa shape index (κ2) is 5.32. The molecule has 0 saturated heterocycles. The van der Waals surface area contributed by atoms with Gasteiger partial charge in [-0.25, -0.2) is 4.98 Å². The molecule has 0 saturated carbocycles. The zero-order valence-corrected chi connectivity index (χ0v) is 11.4. The van der Waals surface area contributed by atoms with Crippen molar-refractivity contribution in [3.05, 3.63) is 48.3 Å². The second-order valence-electron chi connectivity index (χ2n) is 4.45. The largest absolute Gasteiger partial charge is 0.436 e. The summed E-state index contributed by atoms with van der Waals surface area (Å²) in [6, 6.07) is 6.92. The number of nitrogen functional groups attached to an aromatic ring is 1. The lowest BCUT2D eigenvalue weighted by atomic mass is 10.2. The van der Waals surface area contributed by atoms with Gasteiger partial charge in [0.15, 0.2) is 0 Å². The molecule has 1 aromatic carbocycles. The van der Waals surface area contributed by atoms with E-state index in [2.05, 4.69) is 15.0 Å². The number of anilines is 1. The molecule has 6 heteroatoms. The number of aryl methyl sites for hydroxylation is 1. The van der Waals surface area contributed by atoms with Crippen molar-refractivity contribution < 1.29 is 9.13 Å². The first kappa shape index (κ1) is 13.2. The molecule has 3 rings (SSSR count). The van der Waals surface area contributed by atoms with E-state index in [1.807, 2.05) is 13.0 Å². The highest BCUT2D eigenvalue weighted by Gasteiger charge is 2.14. The Balaban J connectivity index is 2.09. The molecule has 0 aliphatic rings. The van der Waals surface area contributed by atoms with E-state index < -0.39 is 5.82 Å². The van der Waals surface area contributed by atoms with Crippen LogP contribution in [0.4, 0.5) is 10.1 Å². The minimum atomic E-state index is -0.547. The van der Waals surface area contributed by atoms with E-state index >= 15 is 0 Å². The third-order valence-electron chi connectivity index (χ3n) is 3.13. The fraction of sp³-hybridized carbons (Fsp3) is 0.133. The van der Waals surface area contributed by atoms with Crippen molar-refractivity contribution in [1.82, 2.24) is 15.0 Å². The van der Waals surface area contributed by atoms with Crippen LogP contribution in [-0.2, 0) is 6.42 Å². The number of nitrogens with zero attached hydrogens (tertiary/aromatic N) is 3. The van der Waals surface area contributed by atoms with Crippen LogP contribution in [-0.4, -0.2) is 15.0 Å². The maximum absolute atomic E-state index is 14.1. The molecule has 0 aliphatic heterocycles. The number of halogens is 1. The van der Waals surface area contributed by atoms with Crippen LogP contribution in [0.15, 0.2) is 36.8 Å². The van der Waals surface area contributed by atoms with Gasteiger partial charge in [0.2, 0.25) is 5.82 Å². The van der Waals surface area contributed by atoms with E-state index in [4.69, 9.17) is 10.5 Å². The van der Waals surface area contributed by atoms with Crippen LogP contribution in [0.25, 0.3) is 10.9 Å². The second-order valence-corrected chi connectivity index (χ2v) is 4.45. The van der Waals surface area contributed by atoms with Crippen LogP contribution in [0.1, 0.15) is 12.6 Å². The van der Waals surface area contributed by atoms with Crippen LogP contribution < -0.4 is 10.5 Å². The summed E-state index contributed by atoms with van der Waals surface area (Å²) in [5, 5.41) is 0.702.